The lowest BCUT2D eigenvalue weighted by Gasteiger charge is -2.10. The van der Waals surface area contributed by atoms with Crippen molar-refractivity contribution in [3.05, 3.63) is 140 Å². The SMILES string of the molecule is c1ccc(-c2nc(-c3cc(-c4nc5ccccc5o4)cc(-c4nc5ccccc5o4)c3)nc(-c3cccc4c3oc3ccccc34)n2)cc1. The Labute approximate surface area is 278 Å². The van der Waals surface area contributed by atoms with Crippen LogP contribution in [0.25, 0.3) is 101 Å². The van der Waals surface area contributed by atoms with Gasteiger partial charge >= 0.3 is 0 Å². The zero-order valence-electron chi connectivity index (χ0n) is 25.7. The molecule has 230 valence electrons. The second kappa shape index (κ2) is 10.8. The van der Waals surface area contributed by atoms with Gasteiger partial charge in [-0.05, 0) is 54.6 Å². The van der Waals surface area contributed by atoms with E-state index in [0.29, 0.717) is 46.0 Å². The molecule has 0 unspecified atom stereocenters. The van der Waals surface area contributed by atoms with Crippen LogP contribution in [0.5, 0.6) is 0 Å². The van der Waals surface area contributed by atoms with Gasteiger partial charge in [-0.1, -0.05) is 84.9 Å². The molecular weight excluding hydrogens is 610 g/mol. The molecule has 0 N–H and O–H groups in total. The van der Waals surface area contributed by atoms with Crippen LogP contribution in [0.4, 0.5) is 0 Å². The maximum Gasteiger partial charge on any atom is 0.227 e. The standard InChI is InChI=1S/C41H23N5O3/c1-2-11-24(12-3-1)37-44-38(46-39(45-37)30-15-10-14-29-28-13-4-7-18-33(28)47-36(29)30)25-21-26(40-42-31-16-5-8-19-34(31)48-40)23-27(22-25)41-43-32-17-6-9-20-35(32)49-41/h1-23H. The van der Waals surface area contributed by atoms with Crippen molar-refractivity contribution in [2.45, 2.75) is 0 Å². The first-order chi connectivity index (χ1) is 24.2. The molecule has 0 bridgehead atoms. The maximum absolute atomic E-state index is 6.40. The van der Waals surface area contributed by atoms with E-state index in [-0.39, 0.29) is 0 Å². The Hall–Kier alpha value is -6.93. The van der Waals surface area contributed by atoms with Gasteiger partial charge in [0.25, 0.3) is 0 Å². The van der Waals surface area contributed by atoms with Crippen molar-refractivity contribution in [1.82, 2.24) is 24.9 Å². The van der Waals surface area contributed by atoms with Gasteiger partial charge in [-0.2, -0.15) is 0 Å². The number of para-hydroxylation sites is 6. The molecule has 0 amide bonds. The lowest BCUT2D eigenvalue weighted by Crippen LogP contribution is -2.01. The number of hydrogen-bond donors (Lipinski definition) is 0. The van der Waals surface area contributed by atoms with Crippen molar-refractivity contribution in [2.75, 3.05) is 0 Å². The van der Waals surface area contributed by atoms with Crippen molar-refractivity contribution < 1.29 is 13.3 Å². The van der Waals surface area contributed by atoms with Crippen molar-refractivity contribution in [3.8, 4) is 57.1 Å². The third-order valence-corrected chi connectivity index (χ3v) is 8.59. The number of benzene rings is 6. The molecule has 0 saturated carbocycles. The van der Waals surface area contributed by atoms with E-state index < -0.39 is 0 Å². The third-order valence-electron chi connectivity index (χ3n) is 8.59. The van der Waals surface area contributed by atoms with Crippen LogP contribution in [0, 0.1) is 0 Å². The first-order valence-electron chi connectivity index (χ1n) is 15.8. The normalized spacial score (nSPS) is 11.7. The van der Waals surface area contributed by atoms with Gasteiger partial charge in [-0.15, -0.1) is 0 Å². The summed E-state index contributed by atoms with van der Waals surface area (Å²) < 4.78 is 18.9. The van der Waals surface area contributed by atoms with Gasteiger partial charge in [-0.3, -0.25) is 0 Å². The summed E-state index contributed by atoms with van der Waals surface area (Å²) in [5.41, 5.74) is 8.24. The van der Waals surface area contributed by atoms with Gasteiger partial charge in [0.1, 0.15) is 22.2 Å². The maximum atomic E-state index is 6.40. The number of nitrogens with zero attached hydrogens (tertiary/aromatic N) is 5. The number of hydrogen-bond acceptors (Lipinski definition) is 8. The highest BCUT2D eigenvalue weighted by Gasteiger charge is 2.20. The minimum atomic E-state index is 0.463. The molecular formula is C41H23N5O3. The molecule has 8 heteroatoms. The second-order valence-electron chi connectivity index (χ2n) is 11.7. The fourth-order valence-corrected chi connectivity index (χ4v) is 6.26. The summed E-state index contributed by atoms with van der Waals surface area (Å²) in [6.45, 7) is 0. The summed E-state index contributed by atoms with van der Waals surface area (Å²) in [5.74, 6) is 2.41. The van der Waals surface area contributed by atoms with Gasteiger partial charge < -0.3 is 13.3 Å². The monoisotopic (exact) mass is 633 g/mol. The Balaban J connectivity index is 1.22. The molecule has 0 radical (unpaired) electrons. The lowest BCUT2D eigenvalue weighted by atomic mass is 10.0. The van der Waals surface area contributed by atoms with E-state index in [4.69, 9.17) is 38.2 Å². The average molecular weight is 634 g/mol. The molecule has 0 aliphatic rings. The molecule has 10 rings (SSSR count). The predicted octanol–water partition coefficient (Wildman–Crippen LogP) is 10.4. The Bertz CT molecular complexity index is 2690. The highest BCUT2D eigenvalue weighted by Crippen LogP contribution is 2.37. The van der Waals surface area contributed by atoms with Crippen molar-refractivity contribution in [1.29, 1.82) is 0 Å². The largest absolute Gasteiger partial charge is 0.455 e. The third kappa shape index (κ3) is 4.65. The van der Waals surface area contributed by atoms with E-state index >= 15 is 0 Å². The van der Waals surface area contributed by atoms with E-state index in [9.17, 15) is 0 Å². The van der Waals surface area contributed by atoms with Crippen LogP contribution in [-0.2, 0) is 0 Å². The molecule has 0 aliphatic heterocycles. The van der Waals surface area contributed by atoms with Crippen LogP contribution in [0.3, 0.4) is 0 Å². The molecule has 10 aromatic rings. The predicted molar refractivity (Wildman–Crippen MR) is 189 cm³/mol. The van der Waals surface area contributed by atoms with Crippen LogP contribution in [-0.4, -0.2) is 24.9 Å². The number of rotatable bonds is 5. The van der Waals surface area contributed by atoms with Gasteiger partial charge in [-0.25, -0.2) is 24.9 Å². The van der Waals surface area contributed by atoms with Crippen LogP contribution in [0.1, 0.15) is 0 Å². The quantitative estimate of drug-likeness (QED) is 0.184. The minimum absolute atomic E-state index is 0.463. The van der Waals surface area contributed by atoms with Crippen molar-refractivity contribution in [2.24, 2.45) is 0 Å². The fourth-order valence-electron chi connectivity index (χ4n) is 6.26. The van der Waals surface area contributed by atoms with Crippen LogP contribution < -0.4 is 0 Å². The fraction of sp³-hybridized carbons (Fsp3) is 0. The summed E-state index contributed by atoms with van der Waals surface area (Å²) >= 11 is 0. The summed E-state index contributed by atoms with van der Waals surface area (Å²) in [7, 11) is 0. The number of aromatic nitrogens is 5. The van der Waals surface area contributed by atoms with E-state index in [2.05, 4.69) is 12.1 Å². The molecule has 0 saturated heterocycles. The molecule has 49 heavy (non-hydrogen) atoms. The number of fused-ring (bicyclic) bond motifs is 5. The van der Waals surface area contributed by atoms with E-state index in [1.165, 1.54) is 0 Å². The summed E-state index contributed by atoms with van der Waals surface area (Å²) in [4.78, 5) is 24.7. The van der Waals surface area contributed by atoms with Gasteiger partial charge in [0.05, 0.1) is 5.56 Å². The Kier molecular flexibility index (Phi) is 6.01. The van der Waals surface area contributed by atoms with Crippen molar-refractivity contribution in [3.63, 3.8) is 0 Å². The molecule has 0 spiro atoms. The molecule has 0 aliphatic carbocycles. The van der Waals surface area contributed by atoms with Crippen LogP contribution in [0.15, 0.2) is 153 Å². The highest BCUT2D eigenvalue weighted by molar-refractivity contribution is 6.09. The molecule has 4 aromatic heterocycles. The van der Waals surface area contributed by atoms with E-state index in [1.54, 1.807) is 0 Å². The topological polar surface area (TPSA) is 104 Å². The number of furan rings is 1. The number of oxazole rings is 2. The second-order valence-corrected chi connectivity index (χ2v) is 11.7. The Morgan fingerprint density at radius 2 is 0.878 bits per heavy atom. The summed E-state index contributed by atoms with van der Waals surface area (Å²) in [5, 5.41) is 2.03. The molecule has 0 fully saturated rings. The summed E-state index contributed by atoms with van der Waals surface area (Å²) in [6, 6.07) is 45.3. The first-order valence-corrected chi connectivity index (χ1v) is 15.8. The van der Waals surface area contributed by atoms with Crippen LogP contribution in [0.2, 0.25) is 0 Å². The molecule has 6 aromatic carbocycles. The summed E-state index contributed by atoms with van der Waals surface area (Å²) in [6.07, 6.45) is 0. The van der Waals surface area contributed by atoms with Crippen molar-refractivity contribution >= 4 is 44.1 Å². The average Bonchev–Trinajstić information content (AvgIpc) is 3.90. The van der Waals surface area contributed by atoms with Gasteiger partial charge in [0.2, 0.25) is 11.8 Å². The smallest absolute Gasteiger partial charge is 0.227 e. The first kappa shape index (κ1) is 27.2. The van der Waals surface area contributed by atoms with Crippen LogP contribution >= 0.6 is 0 Å². The van der Waals surface area contributed by atoms with E-state index in [1.807, 2.05) is 127 Å². The van der Waals surface area contributed by atoms with E-state index in [0.717, 1.165) is 55.2 Å². The van der Waals surface area contributed by atoms with Gasteiger partial charge in [0.15, 0.2) is 28.6 Å². The molecule has 8 nitrogen and oxygen atoms in total. The minimum Gasteiger partial charge on any atom is -0.455 e. The molecule has 4 heterocycles. The highest BCUT2D eigenvalue weighted by atomic mass is 16.4. The Morgan fingerprint density at radius 1 is 0.347 bits per heavy atom. The van der Waals surface area contributed by atoms with Gasteiger partial charge in [0, 0.05) is 33.0 Å². The zero-order valence-corrected chi connectivity index (χ0v) is 25.7. The lowest BCUT2D eigenvalue weighted by molar-refractivity contribution is 0.617. The molecule has 0 atom stereocenters. The zero-order chi connectivity index (χ0) is 32.3. The Morgan fingerprint density at radius 3 is 1.55 bits per heavy atom.